The molecule has 10 heteroatoms. The van der Waals surface area contributed by atoms with E-state index in [0.29, 0.717) is 16.3 Å². The van der Waals surface area contributed by atoms with Crippen LogP contribution in [-0.2, 0) is 16.6 Å². The van der Waals surface area contributed by atoms with E-state index in [1.807, 2.05) is 0 Å². The highest BCUT2D eigenvalue weighted by atomic mass is 35.5. The standard InChI is InChI=1S/C25H18Cl2N2O5S/c26-17-11-18(27)13-19(12-17)35(33,34)29-23-6-2-3-20-21(23)4-1-5-22(20)24(30)28-14-15-7-9-16(10-8-15)25(31)32/h1-13,29H,14H2,(H,28,30)(H,31,32). The number of anilines is 1. The SMILES string of the molecule is O=C(O)c1ccc(CNC(=O)c2cccc3c(NS(=O)(=O)c4cc(Cl)cc(Cl)c4)cccc23)cc1. The molecule has 0 aromatic heterocycles. The van der Waals surface area contributed by atoms with Crippen LogP contribution in [0.2, 0.25) is 10.0 Å². The zero-order chi connectivity index (χ0) is 25.2. The van der Waals surface area contributed by atoms with Crippen molar-refractivity contribution in [2.75, 3.05) is 4.72 Å². The number of carboxylic acids is 1. The molecule has 178 valence electrons. The van der Waals surface area contributed by atoms with Gasteiger partial charge in [0, 0.05) is 27.5 Å². The third-order valence-electron chi connectivity index (χ3n) is 5.21. The number of carboxylic acid groups (broad SMARTS) is 1. The average Bonchev–Trinajstić information content (AvgIpc) is 2.82. The predicted molar refractivity (Wildman–Crippen MR) is 136 cm³/mol. The van der Waals surface area contributed by atoms with Crippen LogP contribution in [0.1, 0.15) is 26.3 Å². The number of fused-ring (bicyclic) bond motifs is 1. The van der Waals surface area contributed by atoms with Crippen molar-refractivity contribution in [3.05, 3.63) is 106 Å². The van der Waals surface area contributed by atoms with Crippen molar-refractivity contribution in [3.63, 3.8) is 0 Å². The Bertz CT molecular complexity index is 1530. The maximum atomic E-state index is 12.9. The summed E-state index contributed by atoms with van der Waals surface area (Å²) in [5.74, 6) is -1.39. The Morgan fingerprint density at radius 1 is 0.829 bits per heavy atom. The van der Waals surface area contributed by atoms with E-state index in [2.05, 4.69) is 10.0 Å². The van der Waals surface area contributed by atoms with E-state index in [1.54, 1.807) is 48.5 Å². The average molecular weight is 529 g/mol. The number of hydrogen-bond acceptors (Lipinski definition) is 4. The Balaban J connectivity index is 1.59. The van der Waals surface area contributed by atoms with Crippen LogP contribution in [0.3, 0.4) is 0 Å². The van der Waals surface area contributed by atoms with Gasteiger partial charge < -0.3 is 10.4 Å². The van der Waals surface area contributed by atoms with E-state index in [9.17, 15) is 18.0 Å². The lowest BCUT2D eigenvalue weighted by atomic mass is 10.0. The number of sulfonamides is 1. The molecule has 0 aliphatic carbocycles. The Morgan fingerprint density at radius 3 is 2.11 bits per heavy atom. The third-order valence-corrected chi connectivity index (χ3v) is 6.99. The van der Waals surface area contributed by atoms with Gasteiger partial charge in [0.05, 0.1) is 16.1 Å². The highest BCUT2D eigenvalue weighted by Gasteiger charge is 2.18. The molecule has 0 fully saturated rings. The molecule has 0 spiro atoms. The van der Waals surface area contributed by atoms with Crippen LogP contribution in [0.15, 0.2) is 83.8 Å². The highest BCUT2D eigenvalue weighted by Crippen LogP contribution is 2.30. The van der Waals surface area contributed by atoms with Gasteiger partial charge in [0.1, 0.15) is 0 Å². The second kappa shape index (κ2) is 9.95. The van der Waals surface area contributed by atoms with Crippen molar-refractivity contribution in [3.8, 4) is 0 Å². The molecule has 35 heavy (non-hydrogen) atoms. The largest absolute Gasteiger partial charge is 0.478 e. The van der Waals surface area contributed by atoms with E-state index in [0.717, 1.165) is 5.56 Å². The summed E-state index contributed by atoms with van der Waals surface area (Å²) in [4.78, 5) is 23.8. The van der Waals surface area contributed by atoms with Gasteiger partial charge in [-0.2, -0.15) is 0 Å². The number of aromatic carboxylic acids is 1. The molecule has 4 aromatic rings. The number of benzene rings is 4. The Kier molecular flexibility index (Phi) is 6.98. The van der Waals surface area contributed by atoms with Gasteiger partial charge in [-0.1, -0.05) is 59.6 Å². The topological polar surface area (TPSA) is 113 Å². The minimum absolute atomic E-state index is 0.0881. The Hall–Kier alpha value is -3.59. The summed E-state index contributed by atoms with van der Waals surface area (Å²) in [6.45, 7) is 0.191. The van der Waals surface area contributed by atoms with Gasteiger partial charge in [0.15, 0.2) is 0 Å². The summed E-state index contributed by atoms with van der Waals surface area (Å²) >= 11 is 11.9. The molecule has 0 atom stereocenters. The summed E-state index contributed by atoms with van der Waals surface area (Å²) in [5.41, 5.74) is 1.54. The van der Waals surface area contributed by atoms with Crippen LogP contribution in [0.25, 0.3) is 10.8 Å². The second-order valence-electron chi connectivity index (χ2n) is 7.60. The van der Waals surface area contributed by atoms with Crippen LogP contribution in [0.4, 0.5) is 5.69 Å². The van der Waals surface area contributed by atoms with Crippen LogP contribution in [-0.4, -0.2) is 25.4 Å². The number of halogens is 2. The number of nitrogens with one attached hydrogen (secondary N) is 2. The minimum Gasteiger partial charge on any atom is -0.478 e. The summed E-state index contributed by atoms with van der Waals surface area (Å²) in [7, 11) is -4.00. The lowest BCUT2D eigenvalue weighted by Crippen LogP contribution is -2.23. The molecule has 0 aliphatic rings. The third kappa shape index (κ3) is 5.57. The van der Waals surface area contributed by atoms with Gasteiger partial charge in [0.2, 0.25) is 0 Å². The first-order chi connectivity index (χ1) is 16.6. The molecule has 0 saturated carbocycles. The summed E-state index contributed by atoms with van der Waals surface area (Å²) in [6.07, 6.45) is 0. The molecule has 0 heterocycles. The molecule has 1 amide bonds. The van der Waals surface area contributed by atoms with Gasteiger partial charge in [-0.15, -0.1) is 0 Å². The maximum Gasteiger partial charge on any atom is 0.335 e. The molecule has 0 aliphatic heterocycles. The van der Waals surface area contributed by atoms with E-state index in [-0.39, 0.29) is 38.6 Å². The van der Waals surface area contributed by atoms with Crippen molar-refractivity contribution in [2.24, 2.45) is 0 Å². The smallest absolute Gasteiger partial charge is 0.335 e. The fourth-order valence-electron chi connectivity index (χ4n) is 3.53. The van der Waals surface area contributed by atoms with E-state index >= 15 is 0 Å². The first kappa shape index (κ1) is 24.5. The number of carbonyl (C=O) groups excluding carboxylic acids is 1. The first-order valence-corrected chi connectivity index (χ1v) is 12.5. The molecular formula is C25H18Cl2N2O5S. The molecule has 0 bridgehead atoms. The van der Waals surface area contributed by atoms with Gasteiger partial charge in [-0.25, -0.2) is 13.2 Å². The maximum absolute atomic E-state index is 12.9. The van der Waals surface area contributed by atoms with Gasteiger partial charge in [0.25, 0.3) is 15.9 Å². The lowest BCUT2D eigenvalue weighted by Gasteiger charge is -2.13. The second-order valence-corrected chi connectivity index (χ2v) is 10.2. The van der Waals surface area contributed by atoms with Crippen LogP contribution in [0, 0.1) is 0 Å². The lowest BCUT2D eigenvalue weighted by molar-refractivity contribution is 0.0696. The molecule has 0 saturated heterocycles. The van der Waals surface area contributed by atoms with Gasteiger partial charge in [-0.05, 0) is 53.4 Å². The molecule has 0 unspecified atom stereocenters. The number of hydrogen-bond donors (Lipinski definition) is 3. The molecular weight excluding hydrogens is 511 g/mol. The fourth-order valence-corrected chi connectivity index (χ4v) is 5.33. The molecule has 4 rings (SSSR count). The van der Waals surface area contributed by atoms with Crippen molar-refractivity contribution < 1.29 is 23.1 Å². The van der Waals surface area contributed by atoms with Crippen LogP contribution < -0.4 is 10.0 Å². The Morgan fingerprint density at radius 2 is 1.46 bits per heavy atom. The molecule has 7 nitrogen and oxygen atoms in total. The molecule has 3 N–H and O–H groups in total. The van der Waals surface area contributed by atoms with E-state index in [1.165, 1.54) is 30.3 Å². The first-order valence-electron chi connectivity index (χ1n) is 10.2. The predicted octanol–water partition coefficient (Wildman–Crippen LogP) is 5.58. The van der Waals surface area contributed by atoms with E-state index in [4.69, 9.17) is 28.3 Å². The zero-order valence-electron chi connectivity index (χ0n) is 18.0. The summed E-state index contributed by atoms with van der Waals surface area (Å²) < 4.78 is 28.4. The normalized spacial score (nSPS) is 11.3. The molecule has 0 radical (unpaired) electrons. The van der Waals surface area contributed by atoms with Crippen LogP contribution >= 0.6 is 23.2 Å². The number of rotatable bonds is 7. The summed E-state index contributed by atoms with van der Waals surface area (Å²) in [5, 5.41) is 13.3. The van der Waals surface area contributed by atoms with Crippen molar-refractivity contribution >= 4 is 61.6 Å². The van der Waals surface area contributed by atoms with E-state index < -0.39 is 16.0 Å². The summed E-state index contributed by atoms with van der Waals surface area (Å²) in [6, 6.07) is 20.2. The number of amides is 1. The minimum atomic E-state index is -4.00. The van der Waals surface area contributed by atoms with Gasteiger partial charge in [-0.3, -0.25) is 9.52 Å². The fraction of sp³-hybridized carbons (Fsp3) is 0.0400. The zero-order valence-corrected chi connectivity index (χ0v) is 20.3. The quantitative estimate of drug-likeness (QED) is 0.290. The number of carbonyl (C=O) groups is 2. The highest BCUT2D eigenvalue weighted by molar-refractivity contribution is 7.92. The van der Waals surface area contributed by atoms with Crippen molar-refractivity contribution in [1.82, 2.24) is 5.32 Å². The van der Waals surface area contributed by atoms with Crippen LogP contribution in [0.5, 0.6) is 0 Å². The Labute approximate surface area is 211 Å². The van der Waals surface area contributed by atoms with Crippen molar-refractivity contribution in [1.29, 1.82) is 0 Å². The van der Waals surface area contributed by atoms with Crippen molar-refractivity contribution in [2.45, 2.75) is 11.4 Å². The van der Waals surface area contributed by atoms with Gasteiger partial charge >= 0.3 is 5.97 Å². The monoisotopic (exact) mass is 528 g/mol. The molecule has 4 aromatic carbocycles.